The van der Waals surface area contributed by atoms with Crippen LogP contribution < -0.4 is 0 Å². The molecule has 0 aromatic carbocycles. The average molecular weight is 571 g/mol. The molecular weight excluding hydrogens is 516 g/mol. The van der Waals surface area contributed by atoms with Crippen molar-refractivity contribution in [3.63, 3.8) is 0 Å². The van der Waals surface area contributed by atoms with E-state index in [1.165, 1.54) is 5.57 Å². The molecule has 6 nitrogen and oxygen atoms in total. The van der Waals surface area contributed by atoms with Crippen LogP contribution in [0.5, 0.6) is 0 Å². The summed E-state index contributed by atoms with van der Waals surface area (Å²) < 4.78 is 6.18. The van der Waals surface area contributed by atoms with Crippen molar-refractivity contribution in [1.29, 1.82) is 0 Å². The first kappa shape index (κ1) is 30.9. The predicted octanol–water partition coefficient (Wildman–Crippen LogP) is 5.78. The number of fused-ring (bicyclic) bond motifs is 7. The summed E-state index contributed by atoms with van der Waals surface area (Å²) in [5.74, 6) is -0.0581. The summed E-state index contributed by atoms with van der Waals surface area (Å²) >= 11 is 0. The molecule has 5 aliphatic rings. The fourth-order valence-electron chi connectivity index (χ4n) is 11.3. The molecule has 3 N–H and O–H groups in total. The van der Waals surface area contributed by atoms with Gasteiger partial charge in [-0.2, -0.15) is 0 Å². The van der Waals surface area contributed by atoms with E-state index < -0.39 is 29.1 Å². The molecule has 0 heterocycles. The molecule has 0 amide bonds. The summed E-state index contributed by atoms with van der Waals surface area (Å²) in [4.78, 5) is 25.5. The third-order valence-electron chi connectivity index (χ3n) is 14.1. The Morgan fingerprint density at radius 2 is 1.68 bits per heavy atom. The zero-order chi connectivity index (χ0) is 30.4. The van der Waals surface area contributed by atoms with E-state index in [1.54, 1.807) is 13.0 Å². The fourth-order valence-corrected chi connectivity index (χ4v) is 11.3. The van der Waals surface area contributed by atoms with Gasteiger partial charge < -0.3 is 24.9 Å². The lowest BCUT2D eigenvalue weighted by Crippen LogP contribution is -2.69. The Balaban J connectivity index is 1.61. The van der Waals surface area contributed by atoms with Crippen LogP contribution in [0.15, 0.2) is 23.3 Å². The number of aliphatic hydroxyl groups excluding tert-OH is 3. The lowest BCUT2D eigenvalue weighted by Gasteiger charge is -2.72. The van der Waals surface area contributed by atoms with Gasteiger partial charge in [0.1, 0.15) is 12.4 Å². The third kappa shape index (κ3) is 3.98. The Morgan fingerprint density at radius 1 is 1.00 bits per heavy atom. The molecule has 0 aliphatic heterocycles. The number of carbonyl (C=O) groups is 2. The van der Waals surface area contributed by atoms with Gasteiger partial charge in [0.25, 0.3) is 0 Å². The van der Waals surface area contributed by atoms with Gasteiger partial charge in [-0.3, -0.25) is 0 Å². The van der Waals surface area contributed by atoms with Crippen molar-refractivity contribution in [3.05, 3.63) is 23.3 Å². The van der Waals surface area contributed by atoms with E-state index in [0.29, 0.717) is 30.8 Å². The van der Waals surface area contributed by atoms with E-state index >= 15 is 0 Å². The molecule has 4 saturated carbocycles. The van der Waals surface area contributed by atoms with Gasteiger partial charge in [-0.1, -0.05) is 59.3 Å². The Kier molecular flexibility index (Phi) is 7.36. The Bertz CT molecular complexity index is 1160. The van der Waals surface area contributed by atoms with Gasteiger partial charge in [0.05, 0.1) is 29.6 Å². The number of hydrogen-bond acceptors (Lipinski definition) is 6. The highest BCUT2D eigenvalue weighted by Gasteiger charge is 2.72. The van der Waals surface area contributed by atoms with Crippen LogP contribution in [0.1, 0.15) is 107 Å². The van der Waals surface area contributed by atoms with Crippen molar-refractivity contribution < 1.29 is 29.6 Å². The van der Waals surface area contributed by atoms with Gasteiger partial charge in [0, 0.05) is 5.57 Å². The number of allylic oxidation sites excluding steroid dienone is 3. The Morgan fingerprint density at radius 3 is 2.29 bits per heavy atom. The minimum absolute atomic E-state index is 0.0999. The zero-order valence-electron chi connectivity index (χ0n) is 26.6. The van der Waals surface area contributed by atoms with Gasteiger partial charge in [-0.25, -0.2) is 4.79 Å². The Hall–Kier alpha value is -1.50. The van der Waals surface area contributed by atoms with Gasteiger partial charge in [-0.15, -0.1) is 0 Å². The number of aliphatic hydroxyl groups is 3. The second kappa shape index (κ2) is 9.75. The van der Waals surface area contributed by atoms with Crippen molar-refractivity contribution in [2.75, 3.05) is 6.61 Å². The maximum Gasteiger partial charge on any atom is 0.333 e. The van der Waals surface area contributed by atoms with Crippen LogP contribution in [-0.4, -0.2) is 52.5 Å². The number of rotatable bonds is 4. The zero-order valence-corrected chi connectivity index (χ0v) is 26.6. The van der Waals surface area contributed by atoms with E-state index in [-0.39, 0.29) is 46.1 Å². The van der Waals surface area contributed by atoms with Crippen LogP contribution in [0.3, 0.4) is 0 Å². The number of ether oxygens (including phenoxy) is 1. The second-order valence-corrected chi connectivity index (χ2v) is 16.3. The molecular formula is C35H54O6. The molecule has 230 valence electrons. The monoisotopic (exact) mass is 570 g/mol. The first-order chi connectivity index (χ1) is 19.0. The molecule has 11 atom stereocenters. The molecule has 0 radical (unpaired) electrons. The summed E-state index contributed by atoms with van der Waals surface area (Å²) in [6.45, 7) is 16.8. The van der Waals surface area contributed by atoms with Crippen molar-refractivity contribution in [1.82, 2.24) is 0 Å². The molecule has 0 aromatic rings. The van der Waals surface area contributed by atoms with E-state index in [4.69, 9.17) is 4.74 Å². The number of esters is 1. The molecule has 5 rings (SSSR count). The molecule has 0 saturated heterocycles. The normalized spacial score (nSPS) is 50.8. The lowest BCUT2D eigenvalue weighted by molar-refractivity contribution is -0.238. The average Bonchev–Trinajstić information content (AvgIpc) is 2.90. The van der Waals surface area contributed by atoms with Crippen molar-refractivity contribution in [2.24, 2.45) is 50.2 Å². The summed E-state index contributed by atoms with van der Waals surface area (Å²) in [7, 11) is 0. The van der Waals surface area contributed by atoms with E-state index in [0.717, 1.165) is 38.4 Å². The van der Waals surface area contributed by atoms with Crippen LogP contribution >= 0.6 is 0 Å². The quantitative estimate of drug-likeness (QED) is 0.171. The minimum atomic E-state index is -0.945. The van der Waals surface area contributed by atoms with E-state index in [2.05, 4.69) is 40.7 Å². The summed E-state index contributed by atoms with van der Waals surface area (Å²) in [5, 5.41) is 34.3. The van der Waals surface area contributed by atoms with Crippen LogP contribution in [-0.2, 0) is 14.3 Å². The first-order valence-corrected chi connectivity index (χ1v) is 16.0. The molecule has 0 unspecified atom stereocenters. The topological polar surface area (TPSA) is 104 Å². The Labute approximate surface area is 247 Å². The van der Waals surface area contributed by atoms with Gasteiger partial charge in [0.15, 0.2) is 0 Å². The predicted molar refractivity (Wildman–Crippen MR) is 159 cm³/mol. The van der Waals surface area contributed by atoms with E-state index in [9.17, 15) is 24.9 Å². The maximum absolute atomic E-state index is 13.0. The van der Waals surface area contributed by atoms with Gasteiger partial charge in [0.2, 0.25) is 0 Å². The molecule has 4 fully saturated rings. The molecule has 0 spiro atoms. The smallest absolute Gasteiger partial charge is 0.333 e. The third-order valence-corrected chi connectivity index (χ3v) is 14.1. The van der Waals surface area contributed by atoms with Crippen molar-refractivity contribution in [2.45, 2.75) is 125 Å². The summed E-state index contributed by atoms with van der Waals surface area (Å²) in [6.07, 6.45) is 9.30. The summed E-state index contributed by atoms with van der Waals surface area (Å²) in [6, 6.07) is 0. The summed E-state index contributed by atoms with van der Waals surface area (Å²) in [5.41, 5.74) is -0.491. The maximum atomic E-state index is 13.0. The molecule has 0 aromatic heterocycles. The number of hydrogen-bond donors (Lipinski definition) is 3. The van der Waals surface area contributed by atoms with Crippen LogP contribution in [0.2, 0.25) is 0 Å². The highest BCUT2D eigenvalue weighted by Crippen LogP contribution is 2.75. The molecule has 6 heteroatoms. The highest BCUT2D eigenvalue weighted by atomic mass is 16.5. The molecule has 41 heavy (non-hydrogen) atoms. The van der Waals surface area contributed by atoms with E-state index in [1.807, 2.05) is 13.8 Å². The number of carbonyl (C=O) groups excluding carboxylic acids is 2. The van der Waals surface area contributed by atoms with Gasteiger partial charge >= 0.3 is 5.97 Å². The minimum Gasteiger partial charge on any atom is -0.458 e. The molecule has 0 bridgehead atoms. The van der Waals surface area contributed by atoms with Crippen LogP contribution in [0.4, 0.5) is 0 Å². The van der Waals surface area contributed by atoms with Crippen LogP contribution in [0, 0.1) is 50.2 Å². The second-order valence-electron chi connectivity index (χ2n) is 16.3. The molecule has 5 aliphatic carbocycles. The first-order valence-electron chi connectivity index (χ1n) is 16.0. The SMILES string of the molecule is C/C=C(/C)C(=O)O[C@H]1CC(C)(C)C[C@H]2C3=CC[C@@H]4[C@@]5(C)CC[C@H](O)[C@@](C)(C=O)[C@@H]5CC[C@@]4(C)[C@]3(C)C[C@@H](O)[C@@]12CO. The highest BCUT2D eigenvalue weighted by molar-refractivity contribution is 5.87. The van der Waals surface area contributed by atoms with Crippen molar-refractivity contribution >= 4 is 12.3 Å². The standard InChI is InChI=1S/C35H54O6/c1-9-21(2)29(40)41-28-18-30(3,4)16-23-22-10-11-25-31(5)14-13-26(38)32(6,19-36)24(31)12-15-33(25,7)34(22,8)17-27(39)35(23,28)20-37/h9-10,19,23-28,37-39H,11-18,20H2,1-8H3/b21-9-/t23-,24+,25+,26-,27+,28-,31-,32-,33+,34+,35-/m0/s1. The van der Waals surface area contributed by atoms with Gasteiger partial charge in [-0.05, 0) is 105 Å². The fraction of sp³-hybridized carbons (Fsp3) is 0.829. The number of aldehydes is 1. The van der Waals surface area contributed by atoms with Crippen LogP contribution in [0.25, 0.3) is 0 Å². The largest absolute Gasteiger partial charge is 0.458 e. The van der Waals surface area contributed by atoms with Crippen molar-refractivity contribution in [3.8, 4) is 0 Å². The lowest BCUT2D eigenvalue weighted by atomic mass is 9.33.